The van der Waals surface area contributed by atoms with Gasteiger partial charge in [0.1, 0.15) is 5.82 Å². The highest BCUT2D eigenvalue weighted by molar-refractivity contribution is 7.71. The summed E-state index contributed by atoms with van der Waals surface area (Å²) < 4.78 is 2.88. The van der Waals surface area contributed by atoms with E-state index in [0.717, 1.165) is 49.6 Å². The molecule has 1 N–H and O–H groups in total. The Balaban J connectivity index is 1.61. The van der Waals surface area contributed by atoms with Crippen LogP contribution in [0.3, 0.4) is 0 Å². The van der Waals surface area contributed by atoms with Gasteiger partial charge in [-0.2, -0.15) is 5.10 Å². The molecule has 0 aliphatic carbocycles. The van der Waals surface area contributed by atoms with E-state index < -0.39 is 0 Å². The lowest BCUT2D eigenvalue weighted by Crippen LogP contribution is -2.33. The molecule has 0 bridgehead atoms. The predicted molar refractivity (Wildman–Crippen MR) is 86.8 cm³/mol. The Bertz CT molecular complexity index is 623. The summed E-state index contributed by atoms with van der Waals surface area (Å²) in [7, 11) is 0. The molecule has 2 heterocycles. The lowest BCUT2D eigenvalue weighted by molar-refractivity contribution is 0.200. The summed E-state index contributed by atoms with van der Waals surface area (Å²) >= 11 is 5.29. The Morgan fingerprint density at radius 3 is 2.62 bits per heavy atom. The molecule has 0 amide bonds. The van der Waals surface area contributed by atoms with Crippen LogP contribution in [0.1, 0.15) is 37.1 Å². The Morgan fingerprint density at radius 1 is 1.24 bits per heavy atom. The molecule has 0 spiro atoms. The van der Waals surface area contributed by atoms with Crippen molar-refractivity contribution < 1.29 is 0 Å². The molecule has 0 atom stereocenters. The predicted octanol–water partition coefficient (Wildman–Crippen LogP) is 3.34. The van der Waals surface area contributed by atoms with Crippen LogP contribution in [0.5, 0.6) is 0 Å². The SMILES string of the molecule is CCn1c(C2CCN(Cc3ccccc3)CC2)n[nH]c1=S. The summed E-state index contributed by atoms with van der Waals surface area (Å²) in [6.45, 7) is 6.33. The van der Waals surface area contributed by atoms with E-state index in [1.807, 2.05) is 0 Å². The maximum absolute atomic E-state index is 5.29. The van der Waals surface area contributed by atoms with Crippen LogP contribution in [-0.2, 0) is 13.1 Å². The summed E-state index contributed by atoms with van der Waals surface area (Å²) in [5.74, 6) is 1.67. The standard InChI is InChI=1S/C16H22N4S/c1-2-20-15(17-18-16(20)21)14-8-10-19(11-9-14)12-13-6-4-3-5-7-13/h3-7,14H,2,8-12H2,1H3,(H,18,21). The van der Waals surface area contributed by atoms with Crippen molar-refractivity contribution in [1.82, 2.24) is 19.7 Å². The highest BCUT2D eigenvalue weighted by Gasteiger charge is 2.24. The molecule has 0 unspecified atom stereocenters. The number of H-pyrrole nitrogens is 1. The summed E-state index contributed by atoms with van der Waals surface area (Å²) in [6.07, 6.45) is 2.32. The molecule has 1 aliphatic heterocycles. The van der Waals surface area contributed by atoms with Gasteiger partial charge in [-0.15, -0.1) is 0 Å². The molecule has 1 aromatic carbocycles. The third-order valence-electron chi connectivity index (χ3n) is 4.31. The molecule has 112 valence electrons. The van der Waals surface area contributed by atoms with Crippen molar-refractivity contribution in [2.24, 2.45) is 0 Å². The number of likely N-dealkylation sites (tertiary alicyclic amines) is 1. The highest BCUT2D eigenvalue weighted by atomic mass is 32.1. The zero-order valence-corrected chi connectivity index (χ0v) is 13.3. The number of aromatic nitrogens is 3. The number of hydrogen-bond donors (Lipinski definition) is 1. The van der Waals surface area contributed by atoms with Gasteiger partial charge in [-0.3, -0.25) is 10.00 Å². The maximum Gasteiger partial charge on any atom is 0.195 e. The van der Waals surface area contributed by atoms with Crippen LogP contribution < -0.4 is 0 Å². The van der Waals surface area contributed by atoms with Crippen molar-refractivity contribution in [2.75, 3.05) is 13.1 Å². The van der Waals surface area contributed by atoms with Gasteiger partial charge in [0.2, 0.25) is 0 Å². The van der Waals surface area contributed by atoms with Gasteiger partial charge in [0, 0.05) is 19.0 Å². The average molecular weight is 302 g/mol. The first kappa shape index (κ1) is 14.5. The summed E-state index contributed by atoms with van der Waals surface area (Å²) in [6, 6.07) is 10.7. The highest BCUT2D eigenvalue weighted by Crippen LogP contribution is 2.27. The molecule has 1 aromatic heterocycles. The van der Waals surface area contributed by atoms with E-state index in [4.69, 9.17) is 12.2 Å². The molecular weight excluding hydrogens is 280 g/mol. The number of hydrogen-bond acceptors (Lipinski definition) is 3. The zero-order valence-electron chi connectivity index (χ0n) is 12.5. The third kappa shape index (κ3) is 3.24. The van der Waals surface area contributed by atoms with E-state index in [1.54, 1.807) is 0 Å². The Labute approximate surface area is 130 Å². The second-order valence-corrected chi connectivity index (χ2v) is 6.05. The van der Waals surface area contributed by atoms with Gasteiger partial charge in [-0.25, -0.2) is 0 Å². The molecule has 1 saturated heterocycles. The van der Waals surface area contributed by atoms with E-state index in [2.05, 4.69) is 56.9 Å². The second kappa shape index (κ2) is 6.54. The molecule has 5 heteroatoms. The zero-order chi connectivity index (χ0) is 14.7. The summed E-state index contributed by atoms with van der Waals surface area (Å²) in [5, 5.41) is 7.39. The van der Waals surface area contributed by atoms with Crippen molar-refractivity contribution in [2.45, 2.75) is 38.8 Å². The quantitative estimate of drug-likeness (QED) is 0.880. The number of rotatable bonds is 4. The van der Waals surface area contributed by atoms with E-state index in [0.29, 0.717) is 5.92 Å². The van der Waals surface area contributed by atoms with Crippen molar-refractivity contribution in [3.63, 3.8) is 0 Å². The minimum atomic E-state index is 0.532. The number of piperidine rings is 1. The fraction of sp³-hybridized carbons (Fsp3) is 0.500. The topological polar surface area (TPSA) is 36.9 Å². The van der Waals surface area contributed by atoms with Crippen LogP contribution in [-0.4, -0.2) is 32.8 Å². The molecule has 21 heavy (non-hydrogen) atoms. The van der Waals surface area contributed by atoms with Crippen LogP contribution in [0.25, 0.3) is 0 Å². The lowest BCUT2D eigenvalue weighted by atomic mass is 9.95. The monoisotopic (exact) mass is 302 g/mol. The van der Waals surface area contributed by atoms with Crippen LogP contribution in [0.2, 0.25) is 0 Å². The van der Waals surface area contributed by atoms with Gasteiger partial charge in [-0.05, 0) is 50.6 Å². The van der Waals surface area contributed by atoms with Gasteiger partial charge in [0.15, 0.2) is 4.77 Å². The van der Waals surface area contributed by atoms with Crippen LogP contribution in [0.15, 0.2) is 30.3 Å². The van der Waals surface area contributed by atoms with Crippen molar-refractivity contribution >= 4 is 12.2 Å². The van der Waals surface area contributed by atoms with Crippen molar-refractivity contribution in [3.05, 3.63) is 46.5 Å². The minimum absolute atomic E-state index is 0.532. The smallest absolute Gasteiger partial charge is 0.195 e. The molecular formula is C16H22N4S. The van der Waals surface area contributed by atoms with E-state index in [1.165, 1.54) is 5.56 Å². The number of nitrogens with one attached hydrogen (secondary N) is 1. The summed E-state index contributed by atoms with van der Waals surface area (Å²) in [5.41, 5.74) is 1.40. The number of nitrogens with zero attached hydrogens (tertiary/aromatic N) is 3. The first-order chi connectivity index (χ1) is 10.3. The van der Waals surface area contributed by atoms with Crippen molar-refractivity contribution in [1.29, 1.82) is 0 Å². The van der Waals surface area contributed by atoms with Gasteiger partial charge in [0.05, 0.1) is 0 Å². The third-order valence-corrected chi connectivity index (χ3v) is 4.62. The maximum atomic E-state index is 5.29. The Kier molecular flexibility index (Phi) is 4.51. The Hall–Kier alpha value is -1.46. The molecule has 0 radical (unpaired) electrons. The summed E-state index contributed by atoms with van der Waals surface area (Å²) in [4.78, 5) is 2.53. The molecule has 2 aromatic rings. The molecule has 1 fully saturated rings. The normalized spacial score (nSPS) is 17.2. The largest absolute Gasteiger partial charge is 0.304 e. The molecule has 4 nitrogen and oxygen atoms in total. The first-order valence-corrected chi connectivity index (χ1v) is 8.10. The van der Waals surface area contributed by atoms with E-state index in [9.17, 15) is 0 Å². The van der Waals surface area contributed by atoms with Gasteiger partial charge in [0.25, 0.3) is 0 Å². The molecule has 0 saturated carbocycles. The lowest BCUT2D eigenvalue weighted by Gasteiger charge is -2.31. The van der Waals surface area contributed by atoms with Crippen LogP contribution in [0, 0.1) is 4.77 Å². The fourth-order valence-corrected chi connectivity index (χ4v) is 3.41. The van der Waals surface area contributed by atoms with Crippen LogP contribution in [0.4, 0.5) is 0 Å². The van der Waals surface area contributed by atoms with Gasteiger partial charge in [-0.1, -0.05) is 30.3 Å². The number of aromatic amines is 1. The minimum Gasteiger partial charge on any atom is -0.304 e. The van der Waals surface area contributed by atoms with Crippen molar-refractivity contribution in [3.8, 4) is 0 Å². The fourth-order valence-electron chi connectivity index (χ4n) is 3.14. The molecule has 3 rings (SSSR count). The van der Waals surface area contributed by atoms with E-state index >= 15 is 0 Å². The van der Waals surface area contributed by atoms with Crippen LogP contribution >= 0.6 is 12.2 Å². The molecule has 1 aliphatic rings. The van der Waals surface area contributed by atoms with Gasteiger partial charge < -0.3 is 4.57 Å². The second-order valence-electron chi connectivity index (χ2n) is 5.67. The average Bonchev–Trinajstić information content (AvgIpc) is 2.90. The Morgan fingerprint density at radius 2 is 1.95 bits per heavy atom. The number of benzene rings is 1. The van der Waals surface area contributed by atoms with E-state index in [-0.39, 0.29) is 0 Å². The van der Waals surface area contributed by atoms with Gasteiger partial charge >= 0.3 is 0 Å². The first-order valence-electron chi connectivity index (χ1n) is 7.69.